The molecule has 1 saturated carbocycles. The first-order valence-corrected chi connectivity index (χ1v) is 7.69. The summed E-state index contributed by atoms with van der Waals surface area (Å²) in [5, 5.41) is 10.2. The molecule has 21 heavy (non-hydrogen) atoms. The van der Waals surface area contributed by atoms with Crippen LogP contribution in [-0.4, -0.2) is 41.2 Å². The minimum absolute atomic E-state index is 0.0747. The molecule has 2 fully saturated rings. The molecule has 1 amide bonds. The van der Waals surface area contributed by atoms with E-state index in [1.54, 1.807) is 4.90 Å². The number of benzene rings is 1. The highest BCUT2D eigenvalue weighted by Gasteiger charge is 2.53. The molecule has 1 heterocycles. The lowest BCUT2D eigenvalue weighted by atomic mass is 9.88. The van der Waals surface area contributed by atoms with Crippen molar-refractivity contribution in [2.75, 3.05) is 19.7 Å². The van der Waals surface area contributed by atoms with Crippen LogP contribution < -0.4 is 4.74 Å². The number of aliphatic hydroxyl groups is 1. The topological polar surface area (TPSA) is 49.8 Å². The summed E-state index contributed by atoms with van der Waals surface area (Å²) < 4.78 is 5.71. The molecule has 1 aliphatic heterocycles. The Morgan fingerprint density at radius 1 is 1.38 bits per heavy atom. The van der Waals surface area contributed by atoms with Gasteiger partial charge in [0.1, 0.15) is 11.4 Å². The molecule has 1 saturated heterocycles. The zero-order chi connectivity index (χ0) is 15.0. The largest absolute Gasteiger partial charge is 0.493 e. The van der Waals surface area contributed by atoms with Crippen molar-refractivity contribution in [3.8, 4) is 5.75 Å². The summed E-state index contributed by atoms with van der Waals surface area (Å²) in [6.07, 6.45) is 2.58. The van der Waals surface area contributed by atoms with E-state index in [4.69, 9.17) is 4.74 Å². The van der Waals surface area contributed by atoms with Gasteiger partial charge in [0.15, 0.2) is 0 Å². The lowest BCUT2D eigenvalue weighted by molar-refractivity contribution is -0.159. The number of carbonyl (C=O) groups is 1. The zero-order valence-corrected chi connectivity index (χ0v) is 12.8. The molecule has 2 aliphatic rings. The average molecular weight is 289 g/mol. The summed E-state index contributed by atoms with van der Waals surface area (Å²) in [7, 11) is 0. The minimum Gasteiger partial charge on any atom is -0.493 e. The van der Waals surface area contributed by atoms with Crippen LogP contribution in [0.2, 0.25) is 0 Å². The fourth-order valence-electron chi connectivity index (χ4n) is 2.96. The lowest BCUT2D eigenvalue weighted by Crippen LogP contribution is -2.64. The number of β-amino-alcohol motifs (C(OH)–C–C–N with tert-alkyl or cyclic N) is 1. The first kappa shape index (κ1) is 14.4. The van der Waals surface area contributed by atoms with E-state index in [1.807, 2.05) is 32.0 Å². The second-order valence-corrected chi connectivity index (χ2v) is 6.42. The van der Waals surface area contributed by atoms with Gasteiger partial charge in [0.05, 0.1) is 26.1 Å². The van der Waals surface area contributed by atoms with Crippen LogP contribution in [0, 0.1) is 19.8 Å². The molecule has 114 valence electrons. The first-order valence-electron chi connectivity index (χ1n) is 7.69. The summed E-state index contributed by atoms with van der Waals surface area (Å²) in [5.74, 6) is 1.35. The highest BCUT2D eigenvalue weighted by molar-refractivity contribution is 5.77. The molecule has 1 aliphatic carbocycles. The molecule has 4 nitrogen and oxygen atoms in total. The van der Waals surface area contributed by atoms with E-state index in [1.165, 1.54) is 5.56 Å². The maximum Gasteiger partial charge on any atom is 0.226 e. The SMILES string of the molecule is Cc1cccc(OCCC(=O)N2CC(O)(C3CC3)C2)c1C. The Morgan fingerprint density at radius 2 is 2.10 bits per heavy atom. The van der Waals surface area contributed by atoms with Crippen molar-refractivity contribution in [1.82, 2.24) is 4.90 Å². The van der Waals surface area contributed by atoms with Crippen LogP contribution in [0.1, 0.15) is 30.4 Å². The molecule has 0 bridgehead atoms. The molecule has 0 atom stereocenters. The lowest BCUT2D eigenvalue weighted by Gasteiger charge is -2.47. The van der Waals surface area contributed by atoms with E-state index in [9.17, 15) is 9.90 Å². The van der Waals surface area contributed by atoms with Crippen molar-refractivity contribution in [2.45, 2.75) is 38.7 Å². The smallest absolute Gasteiger partial charge is 0.226 e. The van der Waals surface area contributed by atoms with Gasteiger partial charge in [-0.3, -0.25) is 4.79 Å². The predicted octanol–water partition coefficient (Wildman–Crippen LogP) is 2.06. The number of amides is 1. The van der Waals surface area contributed by atoms with Crippen LogP contribution in [0.4, 0.5) is 0 Å². The fourth-order valence-corrected chi connectivity index (χ4v) is 2.96. The maximum absolute atomic E-state index is 12.0. The number of aryl methyl sites for hydroxylation is 1. The number of ether oxygens (including phenoxy) is 1. The Labute approximate surface area is 125 Å². The van der Waals surface area contributed by atoms with Crippen LogP contribution in [-0.2, 0) is 4.79 Å². The van der Waals surface area contributed by atoms with Crippen LogP contribution in [0.25, 0.3) is 0 Å². The van der Waals surface area contributed by atoms with E-state index in [-0.39, 0.29) is 5.91 Å². The van der Waals surface area contributed by atoms with Gasteiger partial charge in [0, 0.05) is 0 Å². The van der Waals surface area contributed by atoms with E-state index < -0.39 is 5.60 Å². The number of carbonyl (C=O) groups excluding carboxylic acids is 1. The van der Waals surface area contributed by atoms with Crippen LogP contribution in [0.5, 0.6) is 5.75 Å². The fraction of sp³-hybridized carbons (Fsp3) is 0.588. The van der Waals surface area contributed by atoms with Crippen molar-refractivity contribution in [3.05, 3.63) is 29.3 Å². The summed E-state index contributed by atoms with van der Waals surface area (Å²) in [4.78, 5) is 13.8. The van der Waals surface area contributed by atoms with Crippen LogP contribution in [0.3, 0.4) is 0 Å². The predicted molar refractivity (Wildman–Crippen MR) is 80.3 cm³/mol. The second kappa shape index (κ2) is 5.34. The monoisotopic (exact) mass is 289 g/mol. The summed E-state index contributed by atoms with van der Waals surface area (Å²) >= 11 is 0. The molecule has 1 aromatic rings. The minimum atomic E-state index is -0.594. The number of hydrogen-bond donors (Lipinski definition) is 1. The van der Waals surface area contributed by atoms with Gasteiger partial charge >= 0.3 is 0 Å². The average Bonchev–Trinajstić information content (AvgIpc) is 3.24. The molecule has 0 radical (unpaired) electrons. The normalized spacial score (nSPS) is 20.0. The third-order valence-corrected chi connectivity index (χ3v) is 4.75. The highest BCUT2D eigenvalue weighted by atomic mass is 16.5. The van der Waals surface area contributed by atoms with Gasteiger partial charge < -0.3 is 14.7 Å². The van der Waals surface area contributed by atoms with Crippen molar-refractivity contribution in [3.63, 3.8) is 0 Å². The summed E-state index contributed by atoms with van der Waals surface area (Å²) in [6, 6.07) is 5.94. The molecule has 0 unspecified atom stereocenters. The molecule has 4 heteroatoms. The van der Waals surface area contributed by atoms with E-state index in [0.717, 1.165) is 24.2 Å². The summed E-state index contributed by atoms with van der Waals surface area (Å²) in [6.45, 7) is 5.46. The van der Waals surface area contributed by atoms with Gasteiger partial charge in [0.2, 0.25) is 5.91 Å². The van der Waals surface area contributed by atoms with Gasteiger partial charge in [0.25, 0.3) is 0 Å². The van der Waals surface area contributed by atoms with E-state index >= 15 is 0 Å². The van der Waals surface area contributed by atoms with Gasteiger partial charge in [-0.2, -0.15) is 0 Å². The highest BCUT2D eigenvalue weighted by Crippen LogP contribution is 2.44. The molecule has 1 N–H and O–H groups in total. The van der Waals surface area contributed by atoms with Gasteiger partial charge in [-0.05, 0) is 49.8 Å². The number of hydrogen-bond acceptors (Lipinski definition) is 3. The Balaban J connectivity index is 1.43. The van der Waals surface area contributed by atoms with E-state index in [2.05, 4.69) is 0 Å². The quantitative estimate of drug-likeness (QED) is 0.902. The molecule has 0 spiro atoms. The third-order valence-electron chi connectivity index (χ3n) is 4.75. The Hall–Kier alpha value is -1.55. The van der Waals surface area contributed by atoms with E-state index in [0.29, 0.717) is 32.0 Å². The zero-order valence-electron chi connectivity index (χ0n) is 12.8. The van der Waals surface area contributed by atoms with Crippen LogP contribution >= 0.6 is 0 Å². The second-order valence-electron chi connectivity index (χ2n) is 6.42. The Kier molecular flexibility index (Phi) is 3.66. The number of rotatable bonds is 5. The molecular formula is C17H23NO3. The first-order chi connectivity index (χ1) is 9.99. The summed E-state index contributed by atoms with van der Waals surface area (Å²) in [5.41, 5.74) is 1.72. The molecule has 1 aromatic carbocycles. The number of nitrogens with zero attached hydrogens (tertiary/aromatic N) is 1. The van der Waals surface area contributed by atoms with Crippen molar-refractivity contribution >= 4 is 5.91 Å². The molecule has 0 aromatic heterocycles. The molecular weight excluding hydrogens is 266 g/mol. The van der Waals surface area contributed by atoms with Crippen LogP contribution in [0.15, 0.2) is 18.2 Å². The molecule has 3 rings (SSSR count). The van der Waals surface area contributed by atoms with Crippen molar-refractivity contribution in [2.24, 2.45) is 5.92 Å². The Bertz CT molecular complexity index is 545. The van der Waals surface area contributed by atoms with Gasteiger partial charge in [-0.1, -0.05) is 12.1 Å². The van der Waals surface area contributed by atoms with Gasteiger partial charge in [-0.15, -0.1) is 0 Å². The van der Waals surface area contributed by atoms with Crippen molar-refractivity contribution in [1.29, 1.82) is 0 Å². The maximum atomic E-state index is 12.0. The standard InChI is InChI=1S/C17H23NO3/c1-12-4-3-5-15(13(12)2)21-9-8-16(19)18-10-17(20,11-18)14-6-7-14/h3-5,14,20H,6-11H2,1-2H3. The van der Waals surface area contributed by atoms with Crippen molar-refractivity contribution < 1.29 is 14.6 Å². The van der Waals surface area contributed by atoms with Gasteiger partial charge in [-0.25, -0.2) is 0 Å². The Morgan fingerprint density at radius 3 is 2.76 bits per heavy atom. The number of likely N-dealkylation sites (tertiary alicyclic amines) is 1. The third kappa shape index (κ3) is 2.91.